The van der Waals surface area contributed by atoms with Crippen LogP contribution < -0.4 is 0 Å². The zero-order chi connectivity index (χ0) is 16.4. The third kappa shape index (κ3) is 2.06. The average molecular weight is 314 g/mol. The number of fused-ring (bicyclic) bond motifs is 5. The summed E-state index contributed by atoms with van der Waals surface area (Å²) in [7, 11) is 0. The topological polar surface area (TPSA) is 37.3 Å². The van der Waals surface area contributed by atoms with Crippen LogP contribution in [0, 0.1) is 34.5 Å². The van der Waals surface area contributed by atoms with Crippen LogP contribution in [0.2, 0.25) is 0 Å². The molecule has 0 unspecified atom stereocenters. The standard InChI is InChI=1S/C21H30O2/c1-13(22)17-6-7-18-16-5-4-14-12-15(23)8-10-20(14,2)19(16)9-11-21(17,18)3/h8,10,12-13,16-19,22H,4-7,9,11H2,1-3H3/t13-,16+,17-,18+,19+,20-,21-/m0/s1. The lowest BCUT2D eigenvalue weighted by molar-refractivity contribution is -0.111. The minimum Gasteiger partial charge on any atom is -0.393 e. The van der Waals surface area contributed by atoms with Gasteiger partial charge in [-0.3, -0.25) is 4.79 Å². The second-order valence-electron chi connectivity index (χ2n) is 9.07. The number of ketones is 1. The predicted molar refractivity (Wildman–Crippen MR) is 91.8 cm³/mol. The van der Waals surface area contributed by atoms with Crippen molar-refractivity contribution in [2.45, 2.75) is 65.4 Å². The molecule has 2 nitrogen and oxygen atoms in total. The summed E-state index contributed by atoms with van der Waals surface area (Å²) >= 11 is 0. The summed E-state index contributed by atoms with van der Waals surface area (Å²) < 4.78 is 0. The molecule has 2 heteroatoms. The summed E-state index contributed by atoms with van der Waals surface area (Å²) in [6, 6.07) is 0. The van der Waals surface area contributed by atoms with E-state index in [4.69, 9.17) is 0 Å². The lowest BCUT2D eigenvalue weighted by Crippen LogP contribution is -2.50. The Morgan fingerprint density at radius 1 is 1.17 bits per heavy atom. The average Bonchev–Trinajstić information content (AvgIpc) is 2.85. The number of allylic oxidation sites excluding steroid dienone is 4. The van der Waals surface area contributed by atoms with E-state index in [-0.39, 0.29) is 17.3 Å². The molecule has 0 amide bonds. The zero-order valence-corrected chi connectivity index (χ0v) is 14.7. The molecule has 1 N–H and O–H groups in total. The quantitative estimate of drug-likeness (QED) is 0.784. The van der Waals surface area contributed by atoms with Crippen molar-refractivity contribution in [2.75, 3.05) is 0 Å². The molecule has 3 fully saturated rings. The van der Waals surface area contributed by atoms with E-state index in [2.05, 4.69) is 19.9 Å². The van der Waals surface area contributed by atoms with Gasteiger partial charge in [0.1, 0.15) is 0 Å². The second kappa shape index (κ2) is 5.05. The van der Waals surface area contributed by atoms with E-state index in [0.29, 0.717) is 17.3 Å². The first-order valence-electron chi connectivity index (χ1n) is 9.48. The van der Waals surface area contributed by atoms with Gasteiger partial charge in [0.25, 0.3) is 0 Å². The molecule has 0 spiro atoms. The largest absolute Gasteiger partial charge is 0.393 e. The number of carbonyl (C=O) groups is 1. The van der Waals surface area contributed by atoms with E-state index in [1.807, 2.05) is 13.0 Å². The first-order chi connectivity index (χ1) is 10.9. The predicted octanol–water partition coefficient (Wildman–Crippen LogP) is 4.29. The molecular weight excluding hydrogens is 284 g/mol. The Balaban J connectivity index is 1.67. The summed E-state index contributed by atoms with van der Waals surface area (Å²) in [4.78, 5) is 11.8. The van der Waals surface area contributed by atoms with Crippen LogP contribution in [0.25, 0.3) is 0 Å². The van der Waals surface area contributed by atoms with Crippen LogP contribution in [-0.2, 0) is 4.79 Å². The van der Waals surface area contributed by atoms with Gasteiger partial charge in [0.2, 0.25) is 0 Å². The highest BCUT2D eigenvalue weighted by Crippen LogP contribution is 2.66. The van der Waals surface area contributed by atoms with Gasteiger partial charge in [-0.25, -0.2) is 0 Å². The van der Waals surface area contributed by atoms with Crippen LogP contribution in [0.4, 0.5) is 0 Å². The number of aliphatic hydroxyl groups excluding tert-OH is 1. The van der Waals surface area contributed by atoms with Gasteiger partial charge in [-0.15, -0.1) is 0 Å². The van der Waals surface area contributed by atoms with Crippen molar-refractivity contribution in [3.63, 3.8) is 0 Å². The third-order valence-electron chi connectivity index (χ3n) is 8.21. The van der Waals surface area contributed by atoms with E-state index >= 15 is 0 Å². The fourth-order valence-corrected chi connectivity index (χ4v) is 7.03. The smallest absolute Gasteiger partial charge is 0.178 e. The molecule has 0 aromatic carbocycles. The van der Waals surface area contributed by atoms with Crippen molar-refractivity contribution >= 4 is 5.78 Å². The van der Waals surface area contributed by atoms with Crippen LogP contribution in [0.15, 0.2) is 23.8 Å². The Bertz CT molecular complexity index is 587. The summed E-state index contributed by atoms with van der Waals surface area (Å²) in [6.45, 7) is 6.80. The van der Waals surface area contributed by atoms with Gasteiger partial charge in [-0.05, 0) is 86.7 Å². The van der Waals surface area contributed by atoms with Crippen LogP contribution in [-0.4, -0.2) is 17.0 Å². The lowest BCUT2D eigenvalue weighted by atomic mass is 9.47. The summed E-state index contributed by atoms with van der Waals surface area (Å²) in [5.74, 6) is 2.84. The van der Waals surface area contributed by atoms with Gasteiger partial charge in [0.05, 0.1) is 6.10 Å². The molecule has 0 aromatic heterocycles. The van der Waals surface area contributed by atoms with Crippen LogP contribution >= 0.6 is 0 Å². The highest BCUT2D eigenvalue weighted by atomic mass is 16.3. The van der Waals surface area contributed by atoms with Gasteiger partial charge in [0.15, 0.2) is 5.78 Å². The molecule has 4 aliphatic rings. The fraction of sp³-hybridized carbons (Fsp3) is 0.762. The minimum atomic E-state index is -0.177. The maximum Gasteiger partial charge on any atom is 0.178 e. The van der Waals surface area contributed by atoms with Crippen molar-refractivity contribution in [2.24, 2.45) is 34.5 Å². The number of hydrogen-bond acceptors (Lipinski definition) is 2. The number of rotatable bonds is 1. The fourth-order valence-electron chi connectivity index (χ4n) is 7.03. The van der Waals surface area contributed by atoms with E-state index in [9.17, 15) is 9.90 Å². The molecule has 126 valence electrons. The Morgan fingerprint density at radius 2 is 1.96 bits per heavy atom. The first kappa shape index (κ1) is 15.6. The van der Waals surface area contributed by atoms with E-state index in [1.54, 1.807) is 6.08 Å². The summed E-state index contributed by atoms with van der Waals surface area (Å²) in [5.41, 5.74) is 1.79. The highest BCUT2D eigenvalue weighted by Gasteiger charge is 2.58. The van der Waals surface area contributed by atoms with Crippen LogP contribution in [0.1, 0.15) is 59.3 Å². The normalized spacial score (nSPS) is 49.9. The maximum atomic E-state index is 11.8. The maximum absolute atomic E-state index is 11.8. The zero-order valence-electron chi connectivity index (χ0n) is 14.7. The molecule has 0 heterocycles. The summed E-state index contributed by atoms with van der Waals surface area (Å²) in [6.07, 6.45) is 13.0. The molecule has 3 saturated carbocycles. The molecular formula is C21H30O2. The molecule has 0 radical (unpaired) electrons. The molecule has 4 rings (SSSR count). The molecule has 4 aliphatic carbocycles. The molecule has 0 bridgehead atoms. The van der Waals surface area contributed by atoms with Gasteiger partial charge in [-0.1, -0.05) is 25.5 Å². The van der Waals surface area contributed by atoms with Crippen molar-refractivity contribution in [1.29, 1.82) is 0 Å². The highest BCUT2D eigenvalue weighted by molar-refractivity contribution is 6.01. The van der Waals surface area contributed by atoms with Crippen molar-refractivity contribution in [1.82, 2.24) is 0 Å². The SMILES string of the molecule is C[C@H](O)[C@@H]1CC[C@@H]2[C@H]3CCC4=CC(=O)C=C[C@]4(C)[C@@H]3CC[C@]21C. The Hall–Kier alpha value is -0.890. The van der Waals surface area contributed by atoms with Crippen molar-refractivity contribution in [3.05, 3.63) is 23.8 Å². The number of aliphatic hydroxyl groups is 1. The van der Waals surface area contributed by atoms with E-state index in [1.165, 1.54) is 37.7 Å². The Kier molecular flexibility index (Phi) is 3.43. The monoisotopic (exact) mass is 314 g/mol. The lowest BCUT2D eigenvalue weighted by Gasteiger charge is -2.57. The van der Waals surface area contributed by atoms with Crippen molar-refractivity contribution in [3.8, 4) is 0 Å². The van der Waals surface area contributed by atoms with Crippen LogP contribution in [0.3, 0.4) is 0 Å². The Labute approximate surface area is 140 Å². The minimum absolute atomic E-state index is 0.0983. The molecule has 0 aliphatic heterocycles. The van der Waals surface area contributed by atoms with Gasteiger partial charge < -0.3 is 5.11 Å². The molecule has 7 atom stereocenters. The van der Waals surface area contributed by atoms with Gasteiger partial charge in [0, 0.05) is 5.41 Å². The number of carbonyl (C=O) groups excluding carboxylic acids is 1. The first-order valence-corrected chi connectivity index (χ1v) is 9.48. The van der Waals surface area contributed by atoms with Gasteiger partial charge in [-0.2, -0.15) is 0 Å². The van der Waals surface area contributed by atoms with E-state index in [0.717, 1.165) is 18.3 Å². The molecule has 23 heavy (non-hydrogen) atoms. The number of hydrogen-bond donors (Lipinski definition) is 1. The third-order valence-corrected chi connectivity index (χ3v) is 8.21. The summed E-state index contributed by atoms with van der Waals surface area (Å²) in [5, 5.41) is 10.3. The Morgan fingerprint density at radius 3 is 2.70 bits per heavy atom. The molecule has 0 aromatic rings. The van der Waals surface area contributed by atoms with Crippen LogP contribution in [0.5, 0.6) is 0 Å². The molecule has 0 saturated heterocycles. The van der Waals surface area contributed by atoms with E-state index < -0.39 is 0 Å². The van der Waals surface area contributed by atoms with Crippen molar-refractivity contribution < 1.29 is 9.90 Å². The second-order valence-corrected chi connectivity index (χ2v) is 9.07. The van der Waals surface area contributed by atoms with Gasteiger partial charge >= 0.3 is 0 Å².